The maximum absolute atomic E-state index is 12.9. The number of hydrogen-bond acceptors (Lipinski definition) is 5. The van der Waals surface area contributed by atoms with Gasteiger partial charge < -0.3 is 9.47 Å². The molecule has 0 amide bonds. The Bertz CT molecular complexity index is 680. The number of benzene rings is 1. The minimum Gasteiger partial charge on any atom is -0.462 e. The lowest BCUT2D eigenvalue weighted by atomic mass is 9.96. The maximum atomic E-state index is 12.9. The second-order valence-electron chi connectivity index (χ2n) is 8.14. The summed E-state index contributed by atoms with van der Waals surface area (Å²) in [5.41, 5.74) is 1.13. The molecule has 0 saturated heterocycles. The summed E-state index contributed by atoms with van der Waals surface area (Å²) >= 11 is 0. The molecule has 1 aromatic rings. The van der Waals surface area contributed by atoms with Crippen LogP contribution in [0.3, 0.4) is 0 Å². The van der Waals surface area contributed by atoms with Gasteiger partial charge in [-0.05, 0) is 30.9 Å². The number of hydrogen-bond donors (Lipinski definition) is 0. The Morgan fingerprint density at radius 1 is 0.742 bits per heavy atom. The molecular weight excluding hydrogens is 392 g/mol. The highest BCUT2D eigenvalue weighted by molar-refractivity contribution is 6.06. The van der Waals surface area contributed by atoms with Crippen molar-refractivity contribution in [1.82, 2.24) is 0 Å². The van der Waals surface area contributed by atoms with Crippen LogP contribution in [0.15, 0.2) is 18.2 Å². The number of carbonyl (C=O) groups is 3. The molecule has 0 radical (unpaired) electrons. The Hall–Kier alpha value is -2.17. The molecule has 31 heavy (non-hydrogen) atoms. The highest BCUT2D eigenvalue weighted by atomic mass is 16.6. The summed E-state index contributed by atoms with van der Waals surface area (Å²) < 4.78 is 10.2. The van der Waals surface area contributed by atoms with Gasteiger partial charge in [-0.1, -0.05) is 90.2 Å². The van der Waals surface area contributed by atoms with E-state index in [1.165, 1.54) is 51.5 Å². The molecule has 0 heterocycles. The third-order valence-corrected chi connectivity index (χ3v) is 5.34. The zero-order valence-corrected chi connectivity index (χ0v) is 19.7. The fourth-order valence-electron chi connectivity index (χ4n) is 3.62. The molecule has 0 N–H and O–H groups in total. The smallest absolute Gasteiger partial charge is 0.346 e. The van der Waals surface area contributed by atoms with Crippen molar-refractivity contribution in [3.63, 3.8) is 0 Å². The van der Waals surface area contributed by atoms with E-state index >= 15 is 0 Å². The van der Waals surface area contributed by atoms with Crippen LogP contribution in [-0.4, -0.2) is 24.5 Å². The molecule has 5 nitrogen and oxygen atoms in total. The predicted octanol–water partition coefficient (Wildman–Crippen LogP) is 6.81. The van der Waals surface area contributed by atoms with E-state index in [-0.39, 0.29) is 11.1 Å². The molecule has 0 aromatic heterocycles. The van der Waals surface area contributed by atoms with Crippen molar-refractivity contribution in [2.45, 2.75) is 104 Å². The number of aryl methyl sites for hydroxylation is 1. The van der Waals surface area contributed by atoms with E-state index in [1.54, 1.807) is 6.07 Å². The van der Waals surface area contributed by atoms with Crippen LogP contribution in [-0.2, 0) is 20.7 Å². The van der Waals surface area contributed by atoms with Crippen LogP contribution in [0.5, 0.6) is 0 Å². The molecule has 0 spiro atoms. The number of carbonyl (C=O) groups excluding carboxylic acids is 3. The molecule has 0 unspecified atom stereocenters. The Balaban J connectivity index is 2.79. The molecule has 1 rings (SSSR count). The van der Waals surface area contributed by atoms with E-state index in [9.17, 15) is 14.4 Å². The molecule has 0 fully saturated rings. The van der Waals surface area contributed by atoms with Crippen molar-refractivity contribution < 1.29 is 23.9 Å². The largest absolute Gasteiger partial charge is 0.462 e. The lowest BCUT2D eigenvalue weighted by Crippen LogP contribution is -2.18. The molecule has 5 heteroatoms. The Labute approximate surface area is 187 Å². The third kappa shape index (κ3) is 11.1. The summed E-state index contributed by atoms with van der Waals surface area (Å²) in [6, 6.07) is 5.11. The Morgan fingerprint density at radius 3 is 1.94 bits per heavy atom. The second kappa shape index (κ2) is 16.5. The molecule has 0 aliphatic carbocycles. The highest BCUT2D eigenvalue weighted by Crippen LogP contribution is 2.21. The van der Waals surface area contributed by atoms with Crippen LogP contribution in [0.1, 0.15) is 124 Å². The standard InChI is InChI=1S/C26H40O5/c1-4-6-8-10-12-14-17-22-18-16-19-23(25(28)31-21(3)27)24(22)26(29)30-20-15-13-11-9-7-5-2/h16,18-19H,4-15,17,20H2,1-3H3. The minimum absolute atomic E-state index is 0.103. The summed E-state index contributed by atoms with van der Waals surface area (Å²) in [4.78, 5) is 36.5. The Kier molecular flexibility index (Phi) is 14.3. The predicted molar refractivity (Wildman–Crippen MR) is 123 cm³/mol. The fourth-order valence-corrected chi connectivity index (χ4v) is 3.62. The van der Waals surface area contributed by atoms with Crippen LogP contribution in [0.4, 0.5) is 0 Å². The summed E-state index contributed by atoms with van der Waals surface area (Å²) in [5.74, 6) is -2.01. The zero-order valence-electron chi connectivity index (χ0n) is 19.7. The first-order valence-corrected chi connectivity index (χ1v) is 12.0. The van der Waals surface area contributed by atoms with Gasteiger partial charge in [-0.15, -0.1) is 0 Å². The number of esters is 3. The fraction of sp³-hybridized carbons (Fsp3) is 0.654. The van der Waals surface area contributed by atoms with E-state index in [1.807, 2.05) is 6.07 Å². The summed E-state index contributed by atoms with van der Waals surface area (Å²) in [7, 11) is 0. The van der Waals surface area contributed by atoms with Gasteiger partial charge in [0.15, 0.2) is 0 Å². The van der Waals surface area contributed by atoms with Gasteiger partial charge in [0.05, 0.1) is 17.7 Å². The van der Waals surface area contributed by atoms with E-state index < -0.39 is 17.9 Å². The van der Waals surface area contributed by atoms with Crippen LogP contribution >= 0.6 is 0 Å². The quantitative estimate of drug-likeness (QED) is 0.163. The van der Waals surface area contributed by atoms with Gasteiger partial charge in [0.1, 0.15) is 0 Å². The number of unbranched alkanes of at least 4 members (excludes halogenated alkanes) is 10. The summed E-state index contributed by atoms with van der Waals surface area (Å²) in [6.45, 7) is 5.87. The van der Waals surface area contributed by atoms with Gasteiger partial charge in [0, 0.05) is 6.92 Å². The van der Waals surface area contributed by atoms with E-state index in [4.69, 9.17) is 9.47 Å². The maximum Gasteiger partial charge on any atom is 0.346 e. The molecular formula is C26H40O5. The van der Waals surface area contributed by atoms with Crippen LogP contribution in [0.2, 0.25) is 0 Å². The molecule has 0 atom stereocenters. The average molecular weight is 433 g/mol. The van der Waals surface area contributed by atoms with E-state index in [0.717, 1.165) is 44.1 Å². The SMILES string of the molecule is CCCCCCCCOC(=O)c1c(CCCCCCCC)cccc1C(=O)OC(C)=O. The van der Waals surface area contributed by atoms with Gasteiger partial charge in [-0.3, -0.25) is 4.79 Å². The number of rotatable bonds is 16. The lowest BCUT2D eigenvalue weighted by molar-refractivity contribution is -0.135. The molecule has 174 valence electrons. The molecule has 0 aliphatic heterocycles. The molecule has 0 saturated carbocycles. The summed E-state index contributed by atoms with van der Waals surface area (Å²) in [6.07, 6.45) is 14.1. The minimum atomic E-state index is -0.802. The first kappa shape index (κ1) is 26.9. The van der Waals surface area contributed by atoms with Crippen molar-refractivity contribution in [1.29, 1.82) is 0 Å². The zero-order chi connectivity index (χ0) is 22.9. The third-order valence-electron chi connectivity index (χ3n) is 5.34. The normalized spacial score (nSPS) is 10.7. The highest BCUT2D eigenvalue weighted by Gasteiger charge is 2.23. The van der Waals surface area contributed by atoms with Gasteiger partial charge >= 0.3 is 17.9 Å². The van der Waals surface area contributed by atoms with Crippen molar-refractivity contribution in [3.8, 4) is 0 Å². The first-order chi connectivity index (χ1) is 15.0. The van der Waals surface area contributed by atoms with Crippen molar-refractivity contribution in [2.75, 3.05) is 6.61 Å². The van der Waals surface area contributed by atoms with Crippen LogP contribution in [0, 0.1) is 0 Å². The van der Waals surface area contributed by atoms with Crippen molar-refractivity contribution in [3.05, 3.63) is 34.9 Å². The summed E-state index contributed by atoms with van der Waals surface area (Å²) in [5, 5.41) is 0. The first-order valence-electron chi connectivity index (χ1n) is 12.0. The molecule has 0 bridgehead atoms. The van der Waals surface area contributed by atoms with Gasteiger partial charge in [0.25, 0.3) is 0 Å². The van der Waals surface area contributed by atoms with Crippen molar-refractivity contribution in [2.24, 2.45) is 0 Å². The van der Waals surface area contributed by atoms with Gasteiger partial charge in [-0.25, -0.2) is 9.59 Å². The number of ether oxygens (including phenoxy) is 2. The van der Waals surface area contributed by atoms with Gasteiger partial charge in [-0.2, -0.15) is 0 Å². The van der Waals surface area contributed by atoms with Crippen LogP contribution in [0.25, 0.3) is 0 Å². The van der Waals surface area contributed by atoms with Gasteiger partial charge in [0.2, 0.25) is 0 Å². The topological polar surface area (TPSA) is 69.7 Å². The van der Waals surface area contributed by atoms with Crippen molar-refractivity contribution >= 4 is 17.9 Å². The average Bonchev–Trinajstić information content (AvgIpc) is 2.74. The molecule has 0 aliphatic rings. The Morgan fingerprint density at radius 2 is 1.32 bits per heavy atom. The lowest BCUT2D eigenvalue weighted by Gasteiger charge is -2.13. The second-order valence-corrected chi connectivity index (χ2v) is 8.14. The molecule has 1 aromatic carbocycles. The van der Waals surface area contributed by atoms with E-state index in [0.29, 0.717) is 13.0 Å². The van der Waals surface area contributed by atoms with Crippen LogP contribution < -0.4 is 0 Å². The monoisotopic (exact) mass is 432 g/mol. The van der Waals surface area contributed by atoms with E-state index in [2.05, 4.69) is 13.8 Å².